The van der Waals surface area contributed by atoms with Gasteiger partial charge in [-0.3, -0.25) is 4.79 Å². The standard InChI is InChI=1S/C15H19NO5/c1-9-3-4-13(21-9)14(17)16-12-6-10(8-20-2)5-11(7-12)15(18)19/h5-7,9,13H,3-4,8H2,1-2H3,(H,16,17)(H,18,19). The zero-order valence-electron chi connectivity index (χ0n) is 12.1. The van der Waals surface area contributed by atoms with Crippen LogP contribution in [0.4, 0.5) is 5.69 Å². The van der Waals surface area contributed by atoms with Crippen molar-refractivity contribution in [3.63, 3.8) is 0 Å². The van der Waals surface area contributed by atoms with Crippen LogP contribution in [0.15, 0.2) is 18.2 Å². The Morgan fingerprint density at radius 2 is 2.14 bits per heavy atom. The Balaban J connectivity index is 2.14. The molecule has 2 unspecified atom stereocenters. The number of methoxy groups -OCH3 is 1. The van der Waals surface area contributed by atoms with Crippen LogP contribution in [-0.2, 0) is 20.9 Å². The molecule has 2 N–H and O–H groups in total. The van der Waals surface area contributed by atoms with Crippen molar-refractivity contribution in [1.82, 2.24) is 0 Å². The average Bonchev–Trinajstić information content (AvgIpc) is 2.85. The third-order valence-corrected chi connectivity index (χ3v) is 3.34. The van der Waals surface area contributed by atoms with Crippen molar-refractivity contribution < 1.29 is 24.2 Å². The van der Waals surface area contributed by atoms with E-state index >= 15 is 0 Å². The molecule has 0 bridgehead atoms. The molecule has 1 fully saturated rings. The summed E-state index contributed by atoms with van der Waals surface area (Å²) in [6.07, 6.45) is 1.13. The minimum absolute atomic E-state index is 0.0788. The Morgan fingerprint density at radius 1 is 1.38 bits per heavy atom. The van der Waals surface area contributed by atoms with Gasteiger partial charge in [0.25, 0.3) is 5.91 Å². The van der Waals surface area contributed by atoms with Crippen LogP contribution in [-0.4, -0.2) is 36.3 Å². The fourth-order valence-electron chi connectivity index (χ4n) is 2.36. The van der Waals surface area contributed by atoms with Gasteiger partial charge in [-0.15, -0.1) is 0 Å². The van der Waals surface area contributed by atoms with Crippen LogP contribution < -0.4 is 5.32 Å². The lowest BCUT2D eigenvalue weighted by molar-refractivity contribution is -0.126. The van der Waals surface area contributed by atoms with Gasteiger partial charge < -0.3 is 19.9 Å². The molecule has 0 aliphatic carbocycles. The van der Waals surface area contributed by atoms with Gasteiger partial charge in [0, 0.05) is 12.8 Å². The van der Waals surface area contributed by atoms with Crippen LogP contribution in [0.1, 0.15) is 35.7 Å². The van der Waals surface area contributed by atoms with E-state index in [0.29, 0.717) is 17.7 Å². The summed E-state index contributed by atoms with van der Waals surface area (Å²) in [6, 6.07) is 4.65. The molecule has 1 aromatic carbocycles. The zero-order chi connectivity index (χ0) is 15.4. The quantitative estimate of drug-likeness (QED) is 0.867. The maximum atomic E-state index is 12.1. The van der Waals surface area contributed by atoms with E-state index in [1.807, 2.05) is 6.92 Å². The molecule has 1 aliphatic rings. The van der Waals surface area contributed by atoms with Crippen molar-refractivity contribution in [2.24, 2.45) is 0 Å². The first-order valence-electron chi connectivity index (χ1n) is 6.82. The van der Waals surface area contributed by atoms with Crippen LogP contribution in [0.3, 0.4) is 0 Å². The maximum absolute atomic E-state index is 12.1. The second kappa shape index (κ2) is 6.69. The Morgan fingerprint density at radius 3 is 2.71 bits per heavy atom. The van der Waals surface area contributed by atoms with Gasteiger partial charge in [0.2, 0.25) is 0 Å². The highest BCUT2D eigenvalue weighted by Gasteiger charge is 2.28. The molecule has 21 heavy (non-hydrogen) atoms. The van der Waals surface area contributed by atoms with E-state index in [2.05, 4.69) is 5.32 Å². The summed E-state index contributed by atoms with van der Waals surface area (Å²) >= 11 is 0. The molecule has 0 radical (unpaired) electrons. The second-order valence-corrected chi connectivity index (χ2v) is 5.16. The monoisotopic (exact) mass is 293 g/mol. The Labute approximate surface area is 123 Å². The highest BCUT2D eigenvalue weighted by atomic mass is 16.5. The van der Waals surface area contributed by atoms with Gasteiger partial charge in [0.05, 0.1) is 18.3 Å². The number of anilines is 1. The van der Waals surface area contributed by atoms with Gasteiger partial charge >= 0.3 is 5.97 Å². The van der Waals surface area contributed by atoms with Crippen molar-refractivity contribution in [1.29, 1.82) is 0 Å². The van der Waals surface area contributed by atoms with Gasteiger partial charge in [0.1, 0.15) is 6.10 Å². The van der Waals surface area contributed by atoms with E-state index in [4.69, 9.17) is 14.6 Å². The van der Waals surface area contributed by atoms with E-state index in [-0.39, 0.29) is 24.2 Å². The molecule has 1 amide bonds. The molecule has 114 valence electrons. The van der Waals surface area contributed by atoms with Crippen molar-refractivity contribution in [3.05, 3.63) is 29.3 Å². The van der Waals surface area contributed by atoms with E-state index in [1.54, 1.807) is 6.07 Å². The van der Waals surface area contributed by atoms with E-state index < -0.39 is 12.1 Å². The van der Waals surface area contributed by atoms with Crippen LogP contribution >= 0.6 is 0 Å². The number of carboxylic acids is 1. The molecule has 0 saturated carbocycles. The fraction of sp³-hybridized carbons (Fsp3) is 0.467. The number of carbonyl (C=O) groups is 2. The Bertz CT molecular complexity index is 543. The van der Waals surface area contributed by atoms with Crippen LogP contribution in [0, 0.1) is 0 Å². The van der Waals surface area contributed by atoms with E-state index in [0.717, 1.165) is 6.42 Å². The van der Waals surface area contributed by atoms with Crippen molar-refractivity contribution in [2.45, 2.75) is 38.6 Å². The third-order valence-electron chi connectivity index (χ3n) is 3.34. The molecule has 0 aromatic heterocycles. The van der Waals surface area contributed by atoms with Gasteiger partial charge in [-0.25, -0.2) is 4.79 Å². The molecule has 1 aromatic rings. The number of benzene rings is 1. The third kappa shape index (κ3) is 4.03. The van der Waals surface area contributed by atoms with E-state index in [9.17, 15) is 9.59 Å². The second-order valence-electron chi connectivity index (χ2n) is 5.16. The molecular weight excluding hydrogens is 274 g/mol. The van der Waals surface area contributed by atoms with E-state index in [1.165, 1.54) is 19.2 Å². The van der Waals surface area contributed by atoms with Crippen LogP contribution in [0.25, 0.3) is 0 Å². The van der Waals surface area contributed by atoms with Crippen LogP contribution in [0.5, 0.6) is 0 Å². The van der Waals surface area contributed by atoms with Crippen molar-refractivity contribution >= 4 is 17.6 Å². The molecular formula is C15H19NO5. The first-order valence-corrected chi connectivity index (χ1v) is 6.82. The van der Waals surface area contributed by atoms with Gasteiger partial charge in [-0.05, 0) is 43.5 Å². The minimum Gasteiger partial charge on any atom is -0.478 e. The molecule has 1 aliphatic heterocycles. The molecule has 6 nitrogen and oxygen atoms in total. The van der Waals surface area contributed by atoms with Gasteiger partial charge in [-0.1, -0.05) is 0 Å². The fourth-order valence-corrected chi connectivity index (χ4v) is 2.36. The summed E-state index contributed by atoms with van der Waals surface area (Å²) in [5.74, 6) is -1.29. The summed E-state index contributed by atoms with van der Waals surface area (Å²) in [5.41, 5.74) is 1.24. The predicted molar refractivity (Wildman–Crippen MR) is 76.3 cm³/mol. The summed E-state index contributed by atoms with van der Waals surface area (Å²) < 4.78 is 10.5. The number of hydrogen-bond acceptors (Lipinski definition) is 4. The number of rotatable bonds is 5. The lowest BCUT2D eigenvalue weighted by Gasteiger charge is -2.13. The zero-order valence-corrected chi connectivity index (χ0v) is 12.1. The minimum atomic E-state index is -1.05. The SMILES string of the molecule is COCc1cc(NC(=O)C2CCC(C)O2)cc(C(=O)O)c1. The highest BCUT2D eigenvalue weighted by Crippen LogP contribution is 2.22. The number of nitrogens with one attached hydrogen (secondary N) is 1. The topological polar surface area (TPSA) is 84.9 Å². The maximum Gasteiger partial charge on any atom is 0.335 e. The lowest BCUT2D eigenvalue weighted by atomic mass is 10.1. The average molecular weight is 293 g/mol. The molecule has 0 spiro atoms. The number of amides is 1. The molecule has 1 heterocycles. The first-order chi connectivity index (χ1) is 9.99. The number of hydrogen-bond donors (Lipinski definition) is 2. The Hall–Kier alpha value is -1.92. The number of ether oxygens (including phenoxy) is 2. The van der Waals surface area contributed by atoms with Gasteiger partial charge in [0.15, 0.2) is 0 Å². The molecule has 6 heteroatoms. The normalized spacial score (nSPS) is 21.2. The number of carboxylic acid groups (broad SMARTS) is 1. The molecule has 2 rings (SSSR count). The number of carbonyl (C=O) groups excluding carboxylic acids is 1. The lowest BCUT2D eigenvalue weighted by Crippen LogP contribution is -2.27. The Kier molecular flexibility index (Phi) is 4.93. The summed E-state index contributed by atoms with van der Waals surface area (Å²) in [4.78, 5) is 23.2. The summed E-state index contributed by atoms with van der Waals surface area (Å²) in [7, 11) is 1.53. The summed E-state index contributed by atoms with van der Waals surface area (Å²) in [5, 5.41) is 11.8. The number of aromatic carboxylic acids is 1. The first kappa shape index (κ1) is 15.5. The molecule has 2 atom stereocenters. The van der Waals surface area contributed by atoms with Crippen LogP contribution in [0.2, 0.25) is 0 Å². The van der Waals surface area contributed by atoms with Crippen molar-refractivity contribution in [2.75, 3.05) is 12.4 Å². The molecule has 1 saturated heterocycles. The van der Waals surface area contributed by atoms with Crippen molar-refractivity contribution in [3.8, 4) is 0 Å². The summed E-state index contributed by atoms with van der Waals surface area (Å²) in [6.45, 7) is 2.20. The largest absolute Gasteiger partial charge is 0.478 e. The highest BCUT2D eigenvalue weighted by molar-refractivity contribution is 5.96. The predicted octanol–water partition coefficient (Wildman–Crippen LogP) is 2.04. The smallest absolute Gasteiger partial charge is 0.335 e. The van der Waals surface area contributed by atoms with Gasteiger partial charge in [-0.2, -0.15) is 0 Å².